The number of nitrogens with one attached hydrogen (secondary N) is 1. The molecule has 53 heavy (non-hydrogen) atoms. The number of aryl methyl sites for hydroxylation is 1. The summed E-state index contributed by atoms with van der Waals surface area (Å²) in [5.74, 6) is 1.17. The number of carbonyl (C=O) groups is 2. The van der Waals surface area contributed by atoms with E-state index >= 15 is 0 Å². The standard InChI is InChI=1S/C42H45Cl2N3O6/c1-51-39-26(14-13-25-6-3-7-29(25)42(49)50)21-35(43)41(47-39)53-37-19-17-31-30(8-4-9-32(31)37)33-10-5-11-34(38(33)44)36-18-15-27(40(46-36)52-2)23-45-22-24-12-16-28(48)20-24/h4-5,8-11,15,18,21,24-25,29,37,45H,3,6-7,12-14,16-17,19-20,22-23H2,1-2H3,(H,49,50)/t24-,25+,29+,37+/m1/s1. The molecule has 2 heterocycles. The summed E-state index contributed by atoms with van der Waals surface area (Å²) in [4.78, 5) is 32.9. The first-order valence-electron chi connectivity index (χ1n) is 18.5. The third-order valence-corrected chi connectivity index (χ3v) is 11.9. The van der Waals surface area contributed by atoms with E-state index in [1.165, 1.54) is 0 Å². The van der Waals surface area contributed by atoms with Crippen molar-refractivity contribution in [3.05, 3.63) is 86.9 Å². The van der Waals surface area contributed by atoms with E-state index in [2.05, 4.69) is 22.4 Å². The minimum atomic E-state index is -0.711. The fourth-order valence-electron chi connectivity index (χ4n) is 8.45. The zero-order chi connectivity index (χ0) is 37.1. The first-order valence-corrected chi connectivity index (χ1v) is 19.3. The molecule has 3 aliphatic rings. The number of fused-ring (bicyclic) bond motifs is 1. The van der Waals surface area contributed by atoms with Crippen LogP contribution in [-0.2, 0) is 29.0 Å². The maximum Gasteiger partial charge on any atom is 0.306 e. The molecular weight excluding hydrogens is 713 g/mol. The minimum Gasteiger partial charge on any atom is -0.481 e. The molecule has 0 saturated heterocycles. The number of methoxy groups -OCH3 is 2. The summed E-state index contributed by atoms with van der Waals surface area (Å²) >= 11 is 14.0. The molecule has 0 unspecified atom stereocenters. The number of benzene rings is 2. The van der Waals surface area contributed by atoms with Gasteiger partial charge in [0.25, 0.3) is 0 Å². The highest BCUT2D eigenvalue weighted by Crippen LogP contribution is 2.45. The molecule has 0 spiro atoms. The van der Waals surface area contributed by atoms with E-state index in [9.17, 15) is 14.7 Å². The molecule has 2 aromatic heterocycles. The van der Waals surface area contributed by atoms with Crippen LogP contribution in [-0.4, -0.2) is 47.6 Å². The quantitative estimate of drug-likeness (QED) is 0.130. The lowest BCUT2D eigenvalue weighted by Gasteiger charge is -2.19. The van der Waals surface area contributed by atoms with Gasteiger partial charge in [-0.2, -0.15) is 4.98 Å². The van der Waals surface area contributed by atoms with E-state index in [0.29, 0.717) is 65.2 Å². The molecule has 0 aliphatic heterocycles. The number of aliphatic carboxylic acids is 1. The summed E-state index contributed by atoms with van der Waals surface area (Å²) in [6.07, 6.45) is 7.53. The number of nitrogens with zero attached hydrogens (tertiary/aromatic N) is 2. The van der Waals surface area contributed by atoms with Gasteiger partial charge in [0.1, 0.15) is 16.9 Å². The van der Waals surface area contributed by atoms with Gasteiger partial charge in [0.2, 0.25) is 17.6 Å². The minimum absolute atomic E-state index is 0.138. The van der Waals surface area contributed by atoms with Crippen LogP contribution < -0.4 is 19.5 Å². The molecule has 2 N–H and O–H groups in total. The number of carboxylic acid groups (broad SMARTS) is 1. The molecule has 4 atom stereocenters. The van der Waals surface area contributed by atoms with Gasteiger partial charge in [0.15, 0.2) is 0 Å². The molecule has 3 aliphatic carbocycles. The van der Waals surface area contributed by atoms with Crippen molar-refractivity contribution in [2.75, 3.05) is 20.8 Å². The zero-order valence-electron chi connectivity index (χ0n) is 30.1. The lowest BCUT2D eigenvalue weighted by atomic mass is 9.90. The second kappa shape index (κ2) is 16.5. The molecule has 0 radical (unpaired) electrons. The Labute approximate surface area is 320 Å². The fourth-order valence-corrected chi connectivity index (χ4v) is 8.99. The Kier molecular flexibility index (Phi) is 11.5. The lowest BCUT2D eigenvalue weighted by Crippen LogP contribution is -2.21. The number of rotatable bonds is 14. The summed E-state index contributed by atoms with van der Waals surface area (Å²) in [5, 5.41) is 14.1. The highest BCUT2D eigenvalue weighted by molar-refractivity contribution is 6.36. The summed E-state index contributed by atoms with van der Waals surface area (Å²) in [6, 6.07) is 18.0. The van der Waals surface area contributed by atoms with E-state index in [-0.39, 0.29) is 17.9 Å². The molecule has 11 heteroatoms. The number of carbonyl (C=O) groups excluding carboxylic acids is 1. The van der Waals surface area contributed by atoms with E-state index in [1.807, 2.05) is 42.5 Å². The van der Waals surface area contributed by atoms with Crippen LogP contribution in [0.25, 0.3) is 22.4 Å². The second-order valence-electron chi connectivity index (χ2n) is 14.4. The molecule has 0 amide bonds. The third kappa shape index (κ3) is 8.03. The van der Waals surface area contributed by atoms with Crippen LogP contribution in [0.2, 0.25) is 10.0 Å². The normalized spacial score (nSPS) is 20.8. The Hall–Kier alpha value is -4.18. The SMILES string of the molecule is COc1nc(-c2cccc(-c3cccc4c3CC[C@@H]4Oc3nc(OC)c(CC[C@@H]4CCC[C@@H]4C(=O)O)cc3Cl)c2Cl)ccc1CNC[C@@H]1CCC(=O)C1. The van der Waals surface area contributed by atoms with Gasteiger partial charge >= 0.3 is 5.97 Å². The van der Waals surface area contributed by atoms with Crippen LogP contribution in [0, 0.1) is 17.8 Å². The first-order chi connectivity index (χ1) is 25.7. The smallest absolute Gasteiger partial charge is 0.306 e. The largest absolute Gasteiger partial charge is 0.481 e. The second-order valence-corrected chi connectivity index (χ2v) is 15.2. The van der Waals surface area contributed by atoms with Crippen LogP contribution in [0.3, 0.4) is 0 Å². The third-order valence-electron chi connectivity index (χ3n) is 11.2. The molecule has 9 nitrogen and oxygen atoms in total. The first kappa shape index (κ1) is 37.1. The molecule has 2 aromatic carbocycles. The molecule has 0 bridgehead atoms. The van der Waals surface area contributed by atoms with Crippen LogP contribution in [0.1, 0.15) is 79.7 Å². The van der Waals surface area contributed by atoms with Crippen LogP contribution in [0.4, 0.5) is 0 Å². The average molecular weight is 759 g/mol. The Bertz CT molecular complexity index is 2000. The Morgan fingerprint density at radius 2 is 1.66 bits per heavy atom. The van der Waals surface area contributed by atoms with Crippen LogP contribution in [0.5, 0.6) is 17.6 Å². The van der Waals surface area contributed by atoms with Crippen molar-refractivity contribution in [1.29, 1.82) is 0 Å². The summed E-state index contributed by atoms with van der Waals surface area (Å²) in [7, 11) is 3.20. The molecule has 2 saturated carbocycles. The van der Waals surface area contributed by atoms with Gasteiger partial charge in [-0.15, -0.1) is 0 Å². The van der Waals surface area contributed by atoms with Crippen LogP contribution in [0.15, 0.2) is 54.6 Å². The van der Waals surface area contributed by atoms with Crippen molar-refractivity contribution in [3.8, 4) is 40.0 Å². The van der Waals surface area contributed by atoms with Gasteiger partial charge in [-0.1, -0.05) is 72.1 Å². The maximum atomic E-state index is 11.7. The monoisotopic (exact) mass is 757 g/mol. The van der Waals surface area contributed by atoms with Gasteiger partial charge in [-0.05, 0) is 92.1 Å². The zero-order valence-corrected chi connectivity index (χ0v) is 31.6. The Balaban J connectivity index is 1.07. The molecular formula is C42H45Cl2N3O6. The van der Waals surface area contributed by atoms with Crippen LogP contribution >= 0.6 is 23.2 Å². The highest BCUT2D eigenvalue weighted by Gasteiger charge is 2.33. The van der Waals surface area contributed by atoms with Crippen molar-refractivity contribution in [1.82, 2.24) is 15.3 Å². The molecule has 7 rings (SSSR count). The van der Waals surface area contributed by atoms with Crippen molar-refractivity contribution in [3.63, 3.8) is 0 Å². The number of ether oxygens (including phenoxy) is 3. The summed E-state index contributed by atoms with van der Waals surface area (Å²) < 4.78 is 17.8. The van der Waals surface area contributed by atoms with E-state index < -0.39 is 5.97 Å². The van der Waals surface area contributed by atoms with Gasteiger partial charge in [0, 0.05) is 41.6 Å². The van der Waals surface area contributed by atoms with Gasteiger partial charge in [-0.25, -0.2) is 4.98 Å². The van der Waals surface area contributed by atoms with E-state index in [4.69, 9.17) is 42.4 Å². The van der Waals surface area contributed by atoms with Gasteiger partial charge < -0.3 is 24.6 Å². The van der Waals surface area contributed by atoms with Gasteiger partial charge in [-0.3, -0.25) is 9.59 Å². The number of halogens is 2. The predicted octanol–water partition coefficient (Wildman–Crippen LogP) is 9.09. The fraction of sp³-hybridized carbons (Fsp3) is 0.429. The Morgan fingerprint density at radius 1 is 0.887 bits per heavy atom. The van der Waals surface area contributed by atoms with Crippen molar-refractivity contribution >= 4 is 35.0 Å². The average Bonchev–Trinajstić information content (AvgIpc) is 3.92. The predicted molar refractivity (Wildman–Crippen MR) is 205 cm³/mol. The lowest BCUT2D eigenvalue weighted by molar-refractivity contribution is -0.143. The van der Waals surface area contributed by atoms with Gasteiger partial charge in [0.05, 0.1) is 30.9 Å². The van der Waals surface area contributed by atoms with Crippen molar-refractivity contribution in [2.24, 2.45) is 17.8 Å². The number of ketones is 1. The summed E-state index contributed by atoms with van der Waals surface area (Å²) in [5.41, 5.74) is 7.49. The maximum absolute atomic E-state index is 11.7. The number of Topliss-reactive ketones (excluding diaryl/α,β-unsaturated/α-hetero) is 1. The molecule has 278 valence electrons. The molecule has 4 aromatic rings. The number of carboxylic acids is 1. The van der Waals surface area contributed by atoms with Crippen molar-refractivity contribution < 1.29 is 28.9 Å². The highest BCUT2D eigenvalue weighted by atomic mass is 35.5. The number of hydrogen-bond acceptors (Lipinski definition) is 8. The number of aromatic nitrogens is 2. The van der Waals surface area contributed by atoms with E-state index in [1.54, 1.807) is 14.2 Å². The van der Waals surface area contributed by atoms with E-state index in [0.717, 1.165) is 96.1 Å². The summed E-state index contributed by atoms with van der Waals surface area (Å²) in [6.45, 7) is 1.39. The topological polar surface area (TPSA) is 120 Å². The number of hydrogen-bond donors (Lipinski definition) is 2. The molecule has 2 fully saturated rings. The number of pyridine rings is 2. The Morgan fingerprint density at radius 3 is 2.43 bits per heavy atom. The van der Waals surface area contributed by atoms with Crippen molar-refractivity contribution in [2.45, 2.75) is 76.9 Å².